The van der Waals surface area contributed by atoms with Gasteiger partial charge in [-0.05, 0) is 31.1 Å². The maximum Gasteiger partial charge on any atom is 0.306 e. The van der Waals surface area contributed by atoms with Crippen molar-refractivity contribution in [3.63, 3.8) is 0 Å². The molecule has 0 spiro atoms. The number of hydrogen-bond donors (Lipinski definition) is 0. The fourth-order valence-electron chi connectivity index (χ4n) is 8.70. The third-order valence-electron chi connectivity index (χ3n) is 13.0. The van der Waals surface area contributed by atoms with Crippen molar-refractivity contribution in [3.8, 4) is 0 Å². The molecule has 1 atom stereocenters. The number of unbranched alkanes of at least 4 members (excludes halogenated alkanes) is 36. The van der Waals surface area contributed by atoms with Gasteiger partial charge < -0.3 is 14.2 Å². The summed E-state index contributed by atoms with van der Waals surface area (Å²) in [5.74, 6) is 0.803. The van der Waals surface area contributed by atoms with E-state index < -0.39 is 6.10 Å². The largest absolute Gasteiger partial charge is 0.462 e. The monoisotopic (exact) mass is 891 g/mol. The second kappa shape index (κ2) is 49.8. The Morgan fingerprint density at radius 2 is 0.524 bits per heavy atom. The molecular weight excluding hydrogens is 781 g/mol. The van der Waals surface area contributed by atoms with Gasteiger partial charge in [0.15, 0.2) is 6.10 Å². The molecule has 0 aromatic carbocycles. The van der Waals surface area contributed by atoms with E-state index in [4.69, 9.17) is 14.2 Å². The van der Waals surface area contributed by atoms with Crippen molar-refractivity contribution in [1.29, 1.82) is 0 Å². The second-order valence-corrected chi connectivity index (χ2v) is 20.5. The van der Waals surface area contributed by atoms with Crippen molar-refractivity contribution in [2.24, 2.45) is 11.8 Å². The molecule has 0 amide bonds. The molecule has 0 rings (SSSR count). The highest BCUT2D eigenvalue weighted by Gasteiger charge is 2.19. The summed E-state index contributed by atoms with van der Waals surface area (Å²) in [5, 5.41) is 0. The zero-order chi connectivity index (χ0) is 46.1. The Balaban J connectivity index is 4.27. The van der Waals surface area contributed by atoms with E-state index in [0.29, 0.717) is 19.3 Å². The van der Waals surface area contributed by atoms with Crippen molar-refractivity contribution < 1.29 is 28.6 Å². The topological polar surface area (TPSA) is 78.9 Å². The predicted octanol–water partition coefficient (Wildman–Crippen LogP) is 18.5. The molecular formula is C57H110O6. The first-order valence-corrected chi connectivity index (χ1v) is 28.2. The van der Waals surface area contributed by atoms with E-state index in [-0.39, 0.29) is 31.1 Å². The van der Waals surface area contributed by atoms with Crippen LogP contribution < -0.4 is 0 Å². The van der Waals surface area contributed by atoms with Gasteiger partial charge in [0.05, 0.1) is 0 Å². The van der Waals surface area contributed by atoms with Crippen LogP contribution in [0.25, 0.3) is 0 Å². The molecule has 63 heavy (non-hydrogen) atoms. The molecule has 0 unspecified atom stereocenters. The van der Waals surface area contributed by atoms with Crippen molar-refractivity contribution in [2.75, 3.05) is 13.2 Å². The summed E-state index contributed by atoms with van der Waals surface area (Å²) in [5.41, 5.74) is 0. The van der Waals surface area contributed by atoms with E-state index in [1.807, 2.05) is 0 Å². The van der Waals surface area contributed by atoms with Gasteiger partial charge in [0, 0.05) is 19.3 Å². The summed E-state index contributed by atoms with van der Waals surface area (Å²) in [6, 6.07) is 0. The molecule has 6 heteroatoms. The molecule has 0 heterocycles. The summed E-state index contributed by atoms with van der Waals surface area (Å²) in [4.78, 5) is 38.1. The van der Waals surface area contributed by atoms with E-state index >= 15 is 0 Å². The molecule has 0 aliphatic rings. The number of esters is 3. The minimum atomic E-state index is -0.762. The number of rotatable bonds is 51. The summed E-state index contributed by atoms with van der Waals surface area (Å²) < 4.78 is 16.9. The summed E-state index contributed by atoms with van der Waals surface area (Å²) in [6.07, 6.45) is 52.4. The first-order chi connectivity index (χ1) is 30.7. The molecule has 6 nitrogen and oxygen atoms in total. The van der Waals surface area contributed by atoms with Gasteiger partial charge in [-0.1, -0.05) is 279 Å². The van der Waals surface area contributed by atoms with Crippen LogP contribution in [0.2, 0.25) is 0 Å². The minimum absolute atomic E-state index is 0.0632. The Bertz CT molecular complexity index is 962. The molecule has 0 aliphatic heterocycles. The Morgan fingerprint density at radius 1 is 0.302 bits per heavy atom. The lowest BCUT2D eigenvalue weighted by molar-refractivity contribution is -0.167. The van der Waals surface area contributed by atoms with E-state index in [2.05, 4.69) is 34.6 Å². The van der Waals surface area contributed by atoms with Crippen molar-refractivity contribution in [3.05, 3.63) is 0 Å². The van der Waals surface area contributed by atoms with Gasteiger partial charge in [0.25, 0.3) is 0 Å². The van der Waals surface area contributed by atoms with Crippen LogP contribution in [0.1, 0.15) is 317 Å². The quantitative estimate of drug-likeness (QED) is 0.0344. The highest BCUT2D eigenvalue weighted by atomic mass is 16.6. The molecule has 0 aliphatic carbocycles. The maximum atomic E-state index is 12.8. The first-order valence-electron chi connectivity index (χ1n) is 28.2. The SMILES string of the molecule is CCCCCCCCCCCCCCCCCCCC(=O)OC[C@@H](COC(=O)CCCCCCCCCCCCCCCC(C)C)OC(=O)CCCCCCCCCCCC(C)C. The first kappa shape index (κ1) is 61.4. The molecule has 0 saturated heterocycles. The van der Waals surface area contributed by atoms with Gasteiger partial charge >= 0.3 is 17.9 Å². The lowest BCUT2D eigenvalue weighted by Crippen LogP contribution is -2.30. The Hall–Kier alpha value is -1.59. The van der Waals surface area contributed by atoms with Gasteiger partial charge in [-0.2, -0.15) is 0 Å². The molecule has 0 N–H and O–H groups in total. The predicted molar refractivity (Wildman–Crippen MR) is 270 cm³/mol. The standard InChI is InChI=1S/C57H110O6/c1-6-7-8-9-10-11-12-13-14-15-16-19-22-27-32-37-42-47-55(58)61-50-54(63-57(60)49-44-39-34-29-24-26-31-36-41-46-53(4)5)51-62-56(59)48-43-38-33-28-23-20-17-18-21-25-30-35-40-45-52(2)3/h52-54H,6-51H2,1-5H3/t54-/m0/s1. The Kier molecular flexibility index (Phi) is 48.6. The van der Waals surface area contributed by atoms with Crippen LogP contribution in [0.3, 0.4) is 0 Å². The minimum Gasteiger partial charge on any atom is -0.462 e. The van der Waals surface area contributed by atoms with Crippen molar-refractivity contribution in [2.45, 2.75) is 323 Å². The molecule has 0 fully saturated rings. The fraction of sp³-hybridized carbons (Fsp3) is 0.947. The van der Waals surface area contributed by atoms with Gasteiger partial charge in [-0.15, -0.1) is 0 Å². The van der Waals surface area contributed by atoms with Crippen LogP contribution in [-0.4, -0.2) is 37.2 Å². The van der Waals surface area contributed by atoms with Crippen LogP contribution in [0, 0.1) is 11.8 Å². The van der Waals surface area contributed by atoms with E-state index in [1.165, 1.54) is 205 Å². The molecule has 0 aromatic heterocycles. The van der Waals surface area contributed by atoms with Gasteiger partial charge in [0.2, 0.25) is 0 Å². The van der Waals surface area contributed by atoms with Crippen LogP contribution in [0.4, 0.5) is 0 Å². The Morgan fingerprint density at radius 3 is 0.778 bits per heavy atom. The summed E-state index contributed by atoms with van der Waals surface area (Å²) in [6.45, 7) is 11.4. The highest BCUT2D eigenvalue weighted by molar-refractivity contribution is 5.71. The van der Waals surface area contributed by atoms with Gasteiger partial charge in [-0.3, -0.25) is 14.4 Å². The molecule has 0 aromatic rings. The van der Waals surface area contributed by atoms with Crippen LogP contribution in [0.5, 0.6) is 0 Å². The number of hydrogen-bond acceptors (Lipinski definition) is 6. The smallest absolute Gasteiger partial charge is 0.306 e. The molecule has 0 saturated carbocycles. The van der Waals surface area contributed by atoms with Crippen LogP contribution in [-0.2, 0) is 28.6 Å². The fourth-order valence-corrected chi connectivity index (χ4v) is 8.70. The summed E-state index contributed by atoms with van der Waals surface area (Å²) >= 11 is 0. The average molecular weight is 892 g/mol. The zero-order valence-electron chi connectivity index (χ0n) is 43.2. The number of carbonyl (C=O) groups is 3. The molecule has 0 radical (unpaired) electrons. The van der Waals surface area contributed by atoms with E-state index in [1.54, 1.807) is 0 Å². The lowest BCUT2D eigenvalue weighted by Gasteiger charge is -2.18. The lowest BCUT2D eigenvalue weighted by atomic mass is 10.0. The van der Waals surface area contributed by atoms with Gasteiger partial charge in [-0.25, -0.2) is 0 Å². The summed E-state index contributed by atoms with van der Waals surface area (Å²) in [7, 11) is 0. The zero-order valence-corrected chi connectivity index (χ0v) is 43.2. The van der Waals surface area contributed by atoms with Crippen LogP contribution >= 0.6 is 0 Å². The van der Waals surface area contributed by atoms with E-state index in [0.717, 1.165) is 69.6 Å². The van der Waals surface area contributed by atoms with E-state index in [9.17, 15) is 14.4 Å². The third kappa shape index (κ3) is 51.3. The molecule has 0 bridgehead atoms. The number of carbonyl (C=O) groups excluding carboxylic acids is 3. The normalized spacial score (nSPS) is 12.0. The van der Waals surface area contributed by atoms with Crippen molar-refractivity contribution in [1.82, 2.24) is 0 Å². The van der Waals surface area contributed by atoms with Crippen molar-refractivity contribution >= 4 is 17.9 Å². The average Bonchev–Trinajstić information content (AvgIpc) is 3.25. The third-order valence-corrected chi connectivity index (χ3v) is 13.0. The number of ether oxygens (including phenoxy) is 3. The maximum absolute atomic E-state index is 12.8. The second-order valence-electron chi connectivity index (χ2n) is 20.5. The molecule has 374 valence electrons. The van der Waals surface area contributed by atoms with Crippen LogP contribution in [0.15, 0.2) is 0 Å². The highest BCUT2D eigenvalue weighted by Crippen LogP contribution is 2.18. The Labute approximate surface area is 393 Å². The van der Waals surface area contributed by atoms with Gasteiger partial charge in [0.1, 0.15) is 13.2 Å².